The minimum absolute atomic E-state index is 0.163. The van der Waals surface area contributed by atoms with Gasteiger partial charge in [0, 0.05) is 11.1 Å². The first-order valence-corrected chi connectivity index (χ1v) is 6.89. The fraction of sp³-hybridized carbons (Fsp3) is 0.438. The molecule has 2 atom stereocenters. The average Bonchev–Trinajstić information content (AvgIpc) is 2.48. The number of aliphatic hydroxyl groups is 2. The van der Waals surface area contributed by atoms with Gasteiger partial charge in [0.2, 0.25) is 0 Å². The summed E-state index contributed by atoms with van der Waals surface area (Å²) in [5, 5.41) is 21.4. The van der Waals surface area contributed by atoms with E-state index in [1.807, 2.05) is 0 Å². The van der Waals surface area contributed by atoms with Crippen molar-refractivity contribution in [2.24, 2.45) is 0 Å². The molecule has 1 aliphatic carbocycles. The van der Waals surface area contributed by atoms with Crippen LogP contribution in [-0.4, -0.2) is 34.9 Å². The van der Waals surface area contributed by atoms with E-state index in [2.05, 4.69) is 17.2 Å². The lowest BCUT2D eigenvalue weighted by molar-refractivity contribution is 0.0717. The molecular formula is C16H19NO3. The van der Waals surface area contributed by atoms with Crippen molar-refractivity contribution in [2.45, 2.75) is 37.8 Å². The number of carbonyl (C=O) groups excluding carboxylic acids is 1. The smallest absolute Gasteiger partial charge is 0.251 e. The van der Waals surface area contributed by atoms with Gasteiger partial charge in [0.15, 0.2) is 0 Å². The molecule has 0 aliphatic heterocycles. The van der Waals surface area contributed by atoms with Crippen molar-refractivity contribution in [3.05, 3.63) is 35.4 Å². The Morgan fingerprint density at radius 3 is 2.90 bits per heavy atom. The third kappa shape index (κ3) is 3.83. The Hall–Kier alpha value is -1.83. The third-order valence-electron chi connectivity index (χ3n) is 3.48. The van der Waals surface area contributed by atoms with Gasteiger partial charge in [-0.1, -0.05) is 30.7 Å². The number of nitrogens with one attached hydrogen (secondary N) is 1. The lowest BCUT2D eigenvalue weighted by Crippen LogP contribution is -2.45. The molecule has 1 aromatic rings. The van der Waals surface area contributed by atoms with Gasteiger partial charge in [-0.05, 0) is 31.0 Å². The van der Waals surface area contributed by atoms with Crippen molar-refractivity contribution >= 4 is 5.91 Å². The fourth-order valence-corrected chi connectivity index (χ4v) is 2.41. The lowest BCUT2D eigenvalue weighted by Gasteiger charge is -2.28. The van der Waals surface area contributed by atoms with Gasteiger partial charge in [0.1, 0.15) is 6.61 Å². The predicted molar refractivity (Wildman–Crippen MR) is 76.1 cm³/mol. The number of rotatable bonds is 2. The Labute approximate surface area is 118 Å². The molecule has 0 heterocycles. The molecule has 4 nitrogen and oxygen atoms in total. The zero-order valence-corrected chi connectivity index (χ0v) is 11.3. The van der Waals surface area contributed by atoms with E-state index in [4.69, 9.17) is 5.11 Å². The second-order valence-electron chi connectivity index (χ2n) is 4.97. The molecule has 0 spiro atoms. The second kappa shape index (κ2) is 7.09. The quantitative estimate of drug-likeness (QED) is 0.706. The number of hydrogen-bond donors (Lipinski definition) is 3. The summed E-state index contributed by atoms with van der Waals surface area (Å²) in [5.74, 6) is 5.13. The Balaban J connectivity index is 2.05. The molecule has 3 N–H and O–H groups in total. The molecule has 1 fully saturated rings. The monoisotopic (exact) mass is 273 g/mol. The van der Waals surface area contributed by atoms with Crippen molar-refractivity contribution < 1.29 is 15.0 Å². The molecule has 2 unspecified atom stereocenters. The van der Waals surface area contributed by atoms with Gasteiger partial charge in [-0.2, -0.15) is 0 Å². The van der Waals surface area contributed by atoms with Crippen LogP contribution >= 0.6 is 0 Å². The van der Waals surface area contributed by atoms with Crippen LogP contribution in [0.15, 0.2) is 24.3 Å². The second-order valence-corrected chi connectivity index (χ2v) is 4.97. The predicted octanol–water partition coefficient (Wildman–Crippen LogP) is 1.06. The normalized spacial score (nSPS) is 21.7. The molecule has 106 valence electrons. The highest BCUT2D eigenvalue weighted by atomic mass is 16.3. The summed E-state index contributed by atoms with van der Waals surface area (Å²) >= 11 is 0. The van der Waals surface area contributed by atoms with Crippen molar-refractivity contribution in [2.75, 3.05) is 6.61 Å². The van der Waals surface area contributed by atoms with Crippen molar-refractivity contribution in [3.8, 4) is 11.8 Å². The van der Waals surface area contributed by atoms with Crippen LogP contribution in [0.2, 0.25) is 0 Å². The van der Waals surface area contributed by atoms with Crippen molar-refractivity contribution in [1.82, 2.24) is 5.32 Å². The molecular weight excluding hydrogens is 254 g/mol. The molecule has 0 bridgehead atoms. The van der Waals surface area contributed by atoms with E-state index in [9.17, 15) is 9.90 Å². The van der Waals surface area contributed by atoms with Crippen LogP contribution in [-0.2, 0) is 0 Å². The summed E-state index contributed by atoms with van der Waals surface area (Å²) in [6, 6.07) is 6.79. The standard InChI is InChI=1S/C16H19NO3/c18-10-4-6-12-5-3-7-13(11-12)16(20)17-14-8-1-2-9-15(14)19/h3,5,7,11,14-15,18-19H,1-2,8-10H2,(H,17,20). The van der Waals surface area contributed by atoms with Crippen LogP contribution in [0.4, 0.5) is 0 Å². The van der Waals surface area contributed by atoms with E-state index in [0.29, 0.717) is 11.1 Å². The van der Waals surface area contributed by atoms with Gasteiger partial charge >= 0.3 is 0 Å². The molecule has 0 aromatic heterocycles. The van der Waals surface area contributed by atoms with Gasteiger partial charge in [-0.25, -0.2) is 0 Å². The summed E-state index contributed by atoms with van der Waals surface area (Å²) in [5.41, 5.74) is 1.21. The Morgan fingerprint density at radius 1 is 1.35 bits per heavy atom. The molecule has 1 amide bonds. The average molecular weight is 273 g/mol. The minimum Gasteiger partial charge on any atom is -0.391 e. The number of hydrogen-bond acceptors (Lipinski definition) is 3. The molecule has 1 saturated carbocycles. The minimum atomic E-state index is -0.454. The zero-order valence-electron chi connectivity index (χ0n) is 11.3. The Kier molecular flexibility index (Phi) is 5.16. The van der Waals surface area contributed by atoms with Gasteiger partial charge in [-0.15, -0.1) is 0 Å². The van der Waals surface area contributed by atoms with Crippen LogP contribution in [0.5, 0.6) is 0 Å². The van der Waals surface area contributed by atoms with Crippen LogP contribution in [0.1, 0.15) is 41.6 Å². The SMILES string of the molecule is O=C(NC1CCCCC1O)c1cccc(C#CCO)c1. The van der Waals surface area contributed by atoms with E-state index in [1.54, 1.807) is 24.3 Å². The highest BCUT2D eigenvalue weighted by molar-refractivity contribution is 5.94. The first kappa shape index (κ1) is 14.6. The molecule has 0 radical (unpaired) electrons. The van der Waals surface area contributed by atoms with Crippen LogP contribution < -0.4 is 5.32 Å². The van der Waals surface area contributed by atoms with Gasteiger partial charge in [0.25, 0.3) is 5.91 Å². The van der Waals surface area contributed by atoms with Crippen LogP contribution in [0.3, 0.4) is 0 Å². The maximum absolute atomic E-state index is 12.2. The molecule has 1 aromatic carbocycles. The molecule has 1 aliphatic rings. The highest BCUT2D eigenvalue weighted by Crippen LogP contribution is 2.18. The largest absolute Gasteiger partial charge is 0.391 e. The summed E-state index contributed by atoms with van der Waals surface area (Å²) in [6.45, 7) is -0.204. The third-order valence-corrected chi connectivity index (χ3v) is 3.48. The van der Waals surface area contributed by atoms with E-state index < -0.39 is 6.10 Å². The van der Waals surface area contributed by atoms with Crippen LogP contribution in [0, 0.1) is 11.8 Å². The number of amides is 1. The van der Waals surface area contributed by atoms with Gasteiger partial charge < -0.3 is 15.5 Å². The topological polar surface area (TPSA) is 69.6 Å². The van der Waals surface area contributed by atoms with E-state index in [1.165, 1.54) is 0 Å². The highest BCUT2D eigenvalue weighted by Gasteiger charge is 2.24. The molecule has 2 rings (SSSR count). The maximum Gasteiger partial charge on any atom is 0.251 e. The Morgan fingerprint density at radius 2 is 2.15 bits per heavy atom. The first-order chi connectivity index (χ1) is 9.70. The summed E-state index contributed by atoms with van der Waals surface area (Å²) in [6.07, 6.45) is 3.15. The van der Waals surface area contributed by atoms with E-state index >= 15 is 0 Å². The number of benzene rings is 1. The number of carbonyl (C=O) groups is 1. The summed E-state index contributed by atoms with van der Waals surface area (Å²) < 4.78 is 0. The zero-order chi connectivity index (χ0) is 14.4. The van der Waals surface area contributed by atoms with E-state index in [0.717, 1.165) is 25.7 Å². The molecule has 0 saturated heterocycles. The maximum atomic E-state index is 12.2. The van der Waals surface area contributed by atoms with Gasteiger partial charge in [0.05, 0.1) is 12.1 Å². The van der Waals surface area contributed by atoms with E-state index in [-0.39, 0.29) is 18.6 Å². The fourth-order valence-electron chi connectivity index (χ4n) is 2.41. The van der Waals surface area contributed by atoms with Crippen molar-refractivity contribution in [1.29, 1.82) is 0 Å². The molecule has 20 heavy (non-hydrogen) atoms. The summed E-state index contributed by atoms with van der Waals surface area (Å²) in [4.78, 5) is 12.2. The first-order valence-electron chi connectivity index (χ1n) is 6.89. The van der Waals surface area contributed by atoms with Gasteiger partial charge in [-0.3, -0.25) is 4.79 Å². The Bertz CT molecular complexity index is 530. The van der Waals surface area contributed by atoms with Crippen LogP contribution in [0.25, 0.3) is 0 Å². The van der Waals surface area contributed by atoms with Crippen molar-refractivity contribution in [3.63, 3.8) is 0 Å². The number of aliphatic hydroxyl groups excluding tert-OH is 2. The lowest BCUT2D eigenvalue weighted by atomic mass is 9.92. The summed E-state index contributed by atoms with van der Waals surface area (Å²) in [7, 11) is 0. The molecule has 4 heteroatoms.